The predicted octanol–water partition coefficient (Wildman–Crippen LogP) is 4.01. The molecule has 2 nitrogen and oxygen atoms in total. The molecule has 1 aromatic carbocycles. The maximum Gasteiger partial charge on any atom is 0.249 e. The molecule has 2 rings (SSSR count). The Morgan fingerprint density at radius 3 is 2.26 bits per heavy atom. The Balaban J connectivity index is 2.45. The van der Waals surface area contributed by atoms with Crippen molar-refractivity contribution < 1.29 is 0 Å². The van der Waals surface area contributed by atoms with Crippen molar-refractivity contribution in [2.24, 2.45) is 0 Å². The lowest BCUT2D eigenvalue weighted by Gasteiger charge is -2.11. The topological polar surface area (TPSA) is 32.9 Å². The second-order valence-corrected chi connectivity index (χ2v) is 6.00. The minimum absolute atomic E-state index is 0.0263. The van der Waals surface area contributed by atoms with Gasteiger partial charge in [-0.3, -0.25) is 4.79 Å². The first-order valence-corrected chi connectivity index (χ1v) is 7.30. The molecule has 1 aromatic heterocycles. The van der Waals surface area contributed by atoms with Crippen molar-refractivity contribution in [3.63, 3.8) is 0 Å². The lowest BCUT2D eigenvalue weighted by atomic mass is 10.1. The maximum atomic E-state index is 11.6. The lowest BCUT2D eigenvalue weighted by Crippen LogP contribution is -2.09. The van der Waals surface area contributed by atoms with E-state index in [1.54, 1.807) is 17.8 Å². The van der Waals surface area contributed by atoms with E-state index in [-0.39, 0.29) is 5.56 Å². The molecule has 0 unspecified atom stereocenters. The fourth-order valence-electron chi connectivity index (χ4n) is 2.34. The van der Waals surface area contributed by atoms with E-state index >= 15 is 0 Å². The molecular weight excluding hydrogens is 254 g/mol. The normalized spacial score (nSPS) is 10.7. The van der Waals surface area contributed by atoms with Gasteiger partial charge >= 0.3 is 0 Å². The van der Waals surface area contributed by atoms with Crippen molar-refractivity contribution in [2.75, 3.05) is 0 Å². The molecule has 1 N–H and O–H groups in total. The van der Waals surface area contributed by atoms with Crippen LogP contribution < -0.4 is 5.56 Å². The highest BCUT2D eigenvalue weighted by Gasteiger charge is 2.08. The third-order valence-electron chi connectivity index (χ3n) is 3.10. The van der Waals surface area contributed by atoms with Crippen molar-refractivity contribution >= 4 is 11.8 Å². The number of aromatic amines is 1. The van der Waals surface area contributed by atoms with Crippen molar-refractivity contribution in [3.8, 4) is 0 Å². The van der Waals surface area contributed by atoms with Crippen LogP contribution in [0.4, 0.5) is 0 Å². The van der Waals surface area contributed by atoms with Crippen LogP contribution in [0.2, 0.25) is 0 Å². The molecule has 0 aliphatic carbocycles. The molecule has 100 valence electrons. The van der Waals surface area contributed by atoms with Gasteiger partial charge in [-0.05, 0) is 56.0 Å². The van der Waals surface area contributed by atoms with E-state index in [0.717, 1.165) is 17.0 Å². The Labute approximate surface area is 118 Å². The van der Waals surface area contributed by atoms with Gasteiger partial charge in [0.2, 0.25) is 5.56 Å². The number of benzene rings is 1. The van der Waals surface area contributed by atoms with Gasteiger partial charge in [0.25, 0.3) is 0 Å². The first-order valence-electron chi connectivity index (χ1n) is 6.48. The molecule has 0 radical (unpaired) electrons. The number of H-pyrrole nitrogens is 1. The number of hydrogen-bond donors (Lipinski definition) is 1. The van der Waals surface area contributed by atoms with Gasteiger partial charge in [-0.1, -0.05) is 24.8 Å². The van der Waals surface area contributed by atoms with Crippen LogP contribution in [-0.2, 0) is 6.42 Å². The van der Waals surface area contributed by atoms with Crippen LogP contribution in [0.5, 0.6) is 0 Å². The summed E-state index contributed by atoms with van der Waals surface area (Å²) in [4.78, 5) is 16.8. The van der Waals surface area contributed by atoms with Gasteiger partial charge in [0.05, 0.1) is 0 Å². The molecule has 0 amide bonds. The summed E-state index contributed by atoms with van der Waals surface area (Å²) < 4.78 is 0. The molecule has 0 atom stereocenters. The van der Waals surface area contributed by atoms with Gasteiger partial charge in [0.15, 0.2) is 0 Å². The number of hydrogen-bond acceptors (Lipinski definition) is 2. The SMILES string of the molecule is CCc1c(Sc2cc(C)cc(C)c2)cc(=O)[nH]c1C. The molecular formula is C16H19NOS. The fourth-order valence-corrected chi connectivity index (χ4v) is 3.67. The van der Waals surface area contributed by atoms with Crippen molar-refractivity contribution in [1.82, 2.24) is 4.98 Å². The zero-order valence-corrected chi connectivity index (χ0v) is 12.6. The second-order valence-electron chi connectivity index (χ2n) is 4.88. The average Bonchev–Trinajstić information content (AvgIpc) is 2.26. The Kier molecular flexibility index (Phi) is 4.15. The number of aryl methyl sites for hydroxylation is 3. The van der Waals surface area contributed by atoms with Crippen molar-refractivity contribution in [3.05, 3.63) is 57.0 Å². The molecule has 0 aliphatic heterocycles. The Hall–Kier alpha value is -1.48. The lowest BCUT2D eigenvalue weighted by molar-refractivity contribution is 0.975. The van der Waals surface area contributed by atoms with E-state index in [1.807, 2.05) is 6.92 Å². The third-order valence-corrected chi connectivity index (χ3v) is 4.16. The van der Waals surface area contributed by atoms with Gasteiger partial charge in [-0.15, -0.1) is 0 Å². The van der Waals surface area contributed by atoms with Crippen molar-refractivity contribution in [1.29, 1.82) is 0 Å². The number of rotatable bonds is 3. The summed E-state index contributed by atoms with van der Waals surface area (Å²) in [6, 6.07) is 8.18. The zero-order valence-electron chi connectivity index (χ0n) is 11.8. The minimum atomic E-state index is -0.0263. The molecule has 0 bridgehead atoms. The van der Waals surface area contributed by atoms with E-state index in [4.69, 9.17) is 0 Å². The van der Waals surface area contributed by atoms with Crippen LogP contribution in [-0.4, -0.2) is 4.98 Å². The highest BCUT2D eigenvalue weighted by molar-refractivity contribution is 7.99. The summed E-state index contributed by atoms with van der Waals surface area (Å²) in [7, 11) is 0. The van der Waals surface area contributed by atoms with E-state index in [2.05, 4.69) is 44.0 Å². The summed E-state index contributed by atoms with van der Waals surface area (Å²) >= 11 is 1.68. The Morgan fingerprint density at radius 1 is 1.05 bits per heavy atom. The summed E-state index contributed by atoms with van der Waals surface area (Å²) in [5.41, 5.74) is 4.68. The number of nitrogens with one attached hydrogen (secondary N) is 1. The first kappa shape index (κ1) is 13.9. The molecule has 0 saturated carbocycles. The van der Waals surface area contributed by atoms with Crippen LogP contribution in [0.15, 0.2) is 38.9 Å². The van der Waals surface area contributed by atoms with Gasteiger partial charge in [0.1, 0.15) is 0 Å². The molecule has 2 aromatic rings. The van der Waals surface area contributed by atoms with E-state index in [0.29, 0.717) is 0 Å². The molecule has 0 fully saturated rings. The quantitative estimate of drug-likeness (QED) is 0.916. The van der Waals surface area contributed by atoms with Crippen LogP contribution in [0.3, 0.4) is 0 Å². The summed E-state index contributed by atoms with van der Waals surface area (Å²) in [5.74, 6) is 0. The van der Waals surface area contributed by atoms with E-state index < -0.39 is 0 Å². The third kappa shape index (κ3) is 3.29. The van der Waals surface area contributed by atoms with Crippen LogP contribution >= 0.6 is 11.8 Å². The van der Waals surface area contributed by atoms with E-state index in [9.17, 15) is 4.79 Å². The predicted molar refractivity (Wildman–Crippen MR) is 81.2 cm³/mol. The number of aromatic nitrogens is 1. The molecule has 1 heterocycles. The molecule has 0 saturated heterocycles. The molecule has 0 aliphatic rings. The number of pyridine rings is 1. The maximum absolute atomic E-state index is 11.6. The fraction of sp³-hybridized carbons (Fsp3) is 0.312. The van der Waals surface area contributed by atoms with Gasteiger partial charge < -0.3 is 4.98 Å². The summed E-state index contributed by atoms with van der Waals surface area (Å²) in [6.07, 6.45) is 0.926. The molecule has 3 heteroatoms. The van der Waals surface area contributed by atoms with Gasteiger partial charge in [0, 0.05) is 21.6 Å². The van der Waals surface area contributed by atoms with Gasteiger partial charge in [-0.25, -0.2) is 0 Å². The summed E-state index contributed by atoms with van der Waals surface area (Å²) in [5, 5.41) is 0. The Bertz CT molecular complexity index is 638. The second kappa shape index (κ2) is 5.66. The van der Waals surface area contributed by atoms with Crippen LogP contribution in [0, 0.1) is 20.8 Å². The standard InChI is InChI=1S/C16H19NOS/c1-5-14-12(4)17-16(18)9-15(14)19-13-7-10(2)6-11(3)8-13/h6-9H,5H2,1-4H3,(H,17,18). The highest BCUT2D eigenvalue weighted by Crippen LogP contribution is 2.31. The Morgan fingerprint density at radius 2 is 1.68 bits per heavy atom. The van der Waals surface area contributed by atoms with Crippen LogP contribution in [0.1, 0.15) is 29.3 Å². The largest absolute Gasteiger partial charge is 0.326 e. The summed E-state index contributed by atoms with van der Waals surface area (Å²) in [6.45, 7) is 8.28. The first-order chi connectivity index (χ1) is 8.99. The van der Waals surface area contributed by atoms with Crippen LogP contribution in [0.25, 0.3) is 0 Å². The zero-order chi connectivity index (χ0) is 14.0. The van der Waals surface area contributed by atoms with Gasteiger partial charge in [-0.2, -0.15) is 0 Å². The van der Waals surface area contributed by atoms with E-state index in [1.165, 1.54) is 21.6 Å². The molecule has 19 heavy (non-hydrogen) atoms. The average molecular weight is 273 g/mol. The molecule has 0 spiro atoms. The smallest absolute Gasteiger partial charge is 0.249 e. The minimum Gasteiger partial charge on any atom is -0.326 e. The monoisotopic (exact) mass is 273 g/mol. The highest BCUT2D eigenvalue weighted by atomic mass is 32.2. The van der Waals surface area contributed by atoms with Crippen molar-refractivity contribution in [2.45, 2.75) is 43.9 Å².